The van der Waals surface area contributed by atoms with E-state index in [9.17, 15) is 13.2 Å². The van der Waals surface area contributed by atoms with Crippen LogP contribution in [0.25, 0.3) is 0 Å². The number of carbonyl (C=O) groups excluding carboxylic acids is 1. The van der Waals surface area contributed by atoms with Crippen LogP contribution in [-0.4, -0.2) is 31.3 Å². The second kappa shape index (κ2) is 9.55. The Morgan fingerprint density at radius 1 is 1.07 bits per heavy atom. The maximum absolute atomic E-state index is 12.9. The maximum atomic E-state index is 12.9. The lowest BCUT2D eigenvalue weighted by molar-refractivity contribution is -0.134. The fourth-order valence-corrected chi connectivity index (χ4v) is 4.51. The average Bonchev–Trinajstić information content (AvgIpc) is 3.54. The third-order valence-electron chi connectivity index (χ3n) is 5.40. The van der Waals surface area contributed by atoms with Gasteiger partial charge in [-0.15, -0.1) is 0 Å². The summed E-state index contributed by atoms with van der Waals surface area (Å²) >= 11 is 0. The van der Waals surface area contributed by atoms with E-state index in [1.54, 1.807) is 24.3 Å². The van der Waals surface area contributed by atoms with E-state index in [-0.39, 0.29) is 22.9 Å². The first kappa shape index (κ1) is 21.5. The van der Waals surface area contributed by atoms with E-state index in [1.807, 2.05) is 35.2 Å². The minimum absolute atomic E-state index is 0.0912. The molecule has 1 aliphatic rings. The normalized spacial score (nSPS) is 15.1. The zero-order chi connectivity index (χ0) is 20.9. The monoisotopic (exact) mass is 414 g/mol. The summed E-state index contributed by atoms with van der Waals surface area (Å²) in [6, 6.07) is 17.2. The number of hydrogen-bond acceptors (Lipinski definition) is 3. The van der Waals surface area contributed by atoms with Crippen LogP contribution in [0.15, 0.2) is 59.5 Å². The number of amides is 1. The smallest absolute Gasteiger partial charge is 0.240 e. The van der Waals surface area contributed by atoms with Gasteiger partial charge >= 0.3 is 0 Å². The maximum Gasteiger partial charge on any atom is 0.240 e. The van der Waals surface area contributed by atoms with Gasteiger partial charge in [-0.25, -0.2) is 13.1 Å². The summed E-state index contributed by atoms with van der Waals surface area (Å²) in [5.41, 5.74) is 2.09. The molecule has 0 radical (unpaired) electrons. The molecule has 6 heteroatoms. The Morgan fingerprint density at radius 3 is 2.31 bits per heavy atom. The van der Waals surface area contributed by atoms with Crippen molar-refractivity contribution in [2.45, 2.75) is 69.5 Å². The molecule has 1 saturated carbocycles. The fourth-order valence-electron chi connectivity index (χ4n) is 3.21. The van der Waals surface area contributed by atoms with Crippen LogP contribution in [0.5, 0.6) is 0 Å². The molecular weight excluding hydrogens is 384 g/mol. The van der Waals surface area contributed by atoms with Gasteiger partial charge in [0.25, 0.3) is 0 Å². The van der Waals surface area contributed by atoms with E-state index >= 15 is 0 Å². The van der Waals surface area contributed by atoms with Crippen molar-refractivity contribution in [3.63, 3.8) is 0 Å². The highest BCUT2D eigenvalue weighted by Gasteiger charge is 2.27. The lowest BCUT2D eigenvalue weighted by Crippen LogP contribution is -2.37. The standard InChI is InChI=1S/C23H30N2O3S/c1-3-18(2)25(17-20-7-5-4-6-8-20)23(26)16-11-19-9-14-22(15-10-19)29(27,28)24-21-12-13-21/h4-10,14-15,18,21,24H,3,11-13,16-17H2,1-2H3. The van der Waals surface area contributed by atoms with Crippen LogP contribution >= 0.6 is 0 Å². The molecular formula is C23H30N2O3S. The molecule has 0 saturated heterocycles. The number of nitrogens with zero attached hydrogens (tertiary/aromatic N) is 1. The highest BCUT2D eigenvalue weighted by Crippen LogP contribution is 2.22. The van der Waals surface area contributed by atoms with E-state index in [2.05, 4.69) is 18.6 Å². The Morgan fingerprint density at radius 2 is 1.72 bits per heavy atom. The summed E-state index contributed by atoms with van der Waals surface area (Å²) in [6.07, 6.45) is 3.73. The van der Waals surface area contributed by atoms with E-state index in [0.717, 1.165) is 30.4 Å². The summed E-state index contributed by atoms with van der Waals surface area (Å²) in [5, 5.41) is 0. The molecule has 1 fully saturated rings. The van der Waals surface area contributed by atoms with Crippen molar-refractivity contribution in [1.29, 1.82) is 0 Å². The van der Waals surface area contributed by atoms with Gasteiger partial charge in [0.2, 0.25) is 15.9 Å². The fraction of sp³-hybridized carbons (Fsp3) is 0.435. The van der Waals surface area contributed by atoms with E-state index < -0.39 is 10.0 Å². The average molecular weight is 415 g/mol. The van der Waals surface area contributed by atoms with Gasteiger partial charge in [-0.1, -0.05) is 49.4 Å². The molecule has 156 valence electrons. The van der Waals surface area contributed by atoms with Gasteiger partial charge < -0.3 is 4.90 Å². The highest BCUT2D eigenvalue weighted by molar-refractivity contribution is 7.89. The molecule has 2 aromatic rings. The third-order valence-corrected chi connectivity index (χ3v) is 6.94. The number of sulfonamides is 1. The van der Waals surface area contributed by atoms with Crippen molar-refractivity contribution in [2.24, 2.45) is 0 Å². The van der Waals surface area contributed by atoms with E-state index in [0.29, 0.717) is 19.4 Å². The summed E-state index contributed by atoms with van der Waals surface area (Å²) < 4.78 is 27.2. The number of aryl methyl sites for hydroxylation is 1. The third kappa shape index (κ3) is 6.15. The van der Waals surface area contributed by atoms with E-state index in [4.69, 9.17) is 0 Å². The SMILES string of the molecule is CCC(C)N(Cc1ccccc1)C(=O)CCc1ccc(S(=O)(=O)NC2CC2)cc1. The van der Waals surface area contributed by atoms with Crippen LogP contribution in [0, 0.1) is 0 Å². The predicted octanol–water partition coefficient (Wildman–Crippen LogP) is 3.89. The summed E-state index contributed by atoms with van der Waals surface area (Å²) in [4.78, 5) is 15.1. The van der Waals surface area contributed by atoms with Crippen molar-refractivity contribution in [3.05, 3.63) is 65.7 Å². The predicted molar refractivity (Wildman–Crippen MR) is 115 cm³/mol. The minimum Gasteiger partial charge on any atom is -0.336 e. The largest absolute Gasteiger partial charge is 0.336 e. The molecule has 29 heavy (non-hydrogen) atoms. The van der Waals surface area contributed by atoms with Crippen LogP contribution in [0.3, 0.4) is 0 Å². The number of nitrogens with one attached hydrogen (secondary N) is 1. The summed E-state index contributed by atoms with van der Waals surface area (Å²) in [6.45, 7) is 4.77. The van der Waals surface area contributed by atoms with Crippen molar-refractivity contribution >= 4 is 15.9 Å². The number of rotatable bonds is 10. The van der Waals surface area contributed by atoms with Gasteiger partial charge in [0.05, 0.1) is 4.90 Å². The Bertz CT molecular complexity index is 907. The van der Waals surface area contributed by atoms with Crippen molar-refractivity contribution < 1.29 is 13.2 Å². The van der Waals surface area contributed by atoms with Crippen molar-refractivity contribution in [1.82, 2.24) is 9.62 Å². The molecule has 1 N–H and O–H groups in total. The van der Waals surface area contributed by atoms with Gasteiger partial charge in [-0.2, -0.15) is 0 Å². The molecule has 0 spiro atoms. The van der Waals surface area contributed by atoms with Crippen LogP contribution in [0.4, 0.5) is 0 Å². The molecule has 5 nitrogen and oxygen atoms in total. The van der Waals surface area contributed by atoms with Gasteiger partial charge in [0.15, 0.2) is 0 Å². The second-order valence-corrected chi connectivity index (χ2v) is 9.52. The molecule has 1 aliphatic carbocycles. The zero-order valence-corrected chi connectivity index (χ0v) is 18.0. The molecule has 1 amide bonds. The lowest BCUT2D eigenvalue weighted by atomic mass is 10.1. The first-order valence-corrected chi connectivity index (χ1v) is 11.8. The second-order valence-electron chi connectivity index (χ2n) is 7.80. The zero-order valence-electron chi connectivity index (χ0n) is 17.2. The number of hydrogen-bond donors (Lipinski definition) is 1. The summed E-state index contributed by atoms with van der Waals surface area (Å²) in [7, 11) is -3.43. The van der Waals surface area contributed by atoms with Crippen LogP contribution in [-0.2, 0) is 27.8 Å². The van der Waals surface area contributed by atoms with Gasteiger partial charge in [0, 0.05) is 25.0 Å². The molecule has 0 aromatic heterocycles. The molecule has 3 rings (SSSR count). The molecule has 1 unspecified atom stereocenters. The number of benzene rings is 2. The molecule has 1 atom stereocenters. The van der Waals surface area contributed by atoms with E-state index in [1.165, 1.54) is 0 Å². The molecule has 2 aromatic carbocycles. The number of carbonyl (C=O) groups is 1. The van der Waals surface area contributed by atoms with Gasteiger partial charge in [-0.3, -0.25) is 4.79 Å². The lowest BCUT2D eigenvalue weighted by Gasteiger charge is -2.29. The topological polar surface area (TPSA) is 66.5 Å². The van der Waals surface area contributed by atoms with Gasteiger partial charge in [0.1, 0.15) is 0 Å². The quantitative estimate of drug-likeness (QED) is 0.641. The Balaban J connectivity index is 1.60. The minimum atomic E-state index is -3.43. The van der Waals surface area contributed by atoms with Gasteiger partial charge in [-0.05, 0) is 55.9 Å². The summed E-state index contributed by atoms with van der Waals surface area (Å²) in [5.74, 6) is 0.121. The molecule has 0 bridgehead atoms. The Hall–Kier alpha value is -2.18. The molecule has 0 aliphatic heterocycles. The Kier molecular flexibility index (Phi) is 7.09. The van der Waals surface area contributed by atoms with Crippen molar-refractivity contribution in [3.8, 4) is 0 Å². The highest BCUT2D eigenvalue weighted by atomic mass is 32.2. The van der Waals surface area contributed by atoms with Crippen LogP contribution in [0.2, 0.25) is 0 Å². The van der Waals surface area contributed by atoms with Crippen LogP contribution in [0.1, 0.15) is 50.7 Å². The van der Waals surface area contributed by atoms with Crippen LogP contribution < -0.4 is 4.72 Å². The first-order chi connectivity index (χ1) is 13.9. The van der Waals surface area contributed by atoms with Crippen molar-refractivity contribution in [2.75, 3.05) is 0 Å². The molecule has 0 heterocycles. The Labute approximate surface area is 174 Å². The first-order valence-electron chi connectivity index (χ1n) is 10.3.